The van der Waals surface area contributed by atoms with Gasteiger partial charge in [-0.1, -0.05) is 97.3 Å². The van der Waals surface area contributed by atoms with Crippen LogP contribution in [-0.2, 0) is 0 Å². The molecule has 0 fully saturated rings. The standard InChI is InChI=1S/C21H38/c1-3-5-7-9-11-13-15-17-19-21-20-18-16-14-12-10-8-6-4-2/h1-15,17,19-21H2. The molecule has 0 bridgehead atoms. The van der Waals surface area contributed by atoms with Gasteiger partial charge in [-0.05, 0) is 12.8 Å². The van der Waals surface area contributed by atoms with Crippen molar-refractivity contribution in [1.29, 1.82) is 0 Å². The maximum absolute atomic E-state index is 3.88. The van der Waals surface area contributed by atoms with E-state index in [1.807, 2.05) is 0 Å². The van der Waals surface area contributed by atoms with Gasteiger partial charge in [-0.3, -0.25) is 0 Å². The fraction of sp³-hybridized carbons (Fsp3) is 0.810. The molecule has 122 valence electrons. The molecule has 0 aliphatic rings. The Morgan fingerprint density at radius 1 is 0.381 bits per heavy atom. The second-order valence-corrected chi connectivity index (χ2v) is 6.16. The van der Waals surface area contributed by atoms with Crippen molar-refractivity contribution in [2.45, 2.75) is 109 Å². The Balaban J connectivity index is 3.05. The van der Waals surface area contributed by atoms with Gasteiger partial charge >= 0.3 is 0 Å². The van der Waals surface area contributed by atoms with Crippen LogP contribution < -0.4 is 0 Å². The van der Waals surface area contributed by atoms with Gasteiger partial charge in [0.1, 0.15) is 0 Å². The maximum atomic E-state index is 3.88. The second kappa shape index (κ2) is 19.6. The van der Waals surface area contributed by atoms with E-state index in [1.54, 1.807) is 0 Å². The summed E-state index contributed by atoms with van der Waals surface area (Å²) in [6.45, 7) is 7.75. The summed E-state index contributed by atoms with van der Waals surface area (Å²) in [7, 11) is 0. The van der Waals surface area contributed by atoms with Crippen LogP contribution in [0.4, 0.5) is 0 Å². The molecule has 0 atom stereocenters. The van der Waals surface area contributed by atoms with Crippen LogP contribution in [-0.4, -0.2) is 0 Å². The smallest absolute Gasteiger partial charge is 0.00886 e. The van der Waals surface area contributed by atoms with Gasteiger partial charge in [-0.15, -0.1) is 11.8 Å². The van der Waals surface area contributed by atoms with E-state index in [0.717, 1.165) is 25.7 Å². The van der Waals surface area contributed by atoms with E-state index < -0.39 is 0 Å². The molecule has 0 rings (SSSR count). The molecule has 0 aliphatic carbocycles. The van der Waals surface area contributed by atoms with Crippen molar-refractivity contribution in [3.05, 3.63) is 13.8 Å². The zero-order chi connectivity index (χ0) is 15.4. The summed E-state index contributed by atoms with van der Waals surface area (Å²) >= 11 is 0. The van der Waals surface area contributed by atoms with E-state index in [1.165, 1.54) is 83.5 Å². The SMILES string of the molecule is [CH2]CCCCCCC#CCCCCCCCCCCC[CH2]. The minimum atomic E-state index is 1.09. The topological polar surface area (TPSA) is 0 Å². The van der Waals surface area contributed by atoms with E-state index in [9.17, 15) is 0 Å². The fourth-order valence-corrected chi connectivity index (χ4v) is 2.55. The summed E-state index contributed by atoms with van der Waals surface area (Å²) in [5, 5.41) is 0. The molecule has 0 aromatic carbocycles. The van der Waals surface area contributed by atoms with Gasteiger partial charge in [0.2, 0.25) is 0 Å². The molecule has 0 unspecified atom stereocenters. The van der Waals surface area contributed by atoms with Gasteiger partial charge in [-0.2, -0.15) is 0 Å². The highest BCUT2D eigenvalue weighted by atomic mass is 14.0. The van der Waals surface area contributed by atoms with E-state index in [0.29, 0.717) is 0 Å². The van der Waals surface area contributed by atoms with Crippen LogP contribution in [0.5, 0.6) is 0 Å². The van der Waals surface area contributed by atoms with Gasteiger partial charge in [-0.25, -0.2) is 0 Å². The lowest BCUT2D eigenvalue weighted by molar-refractivity contribution is 0.562. The third kappa shape index (κ3) is 19.6. The first-order valence-electron chi connectivity index (χ1n) is 9.46. The summed E-state index contributed by atoms with van der Waals surface area (Å²) in [4.78, 5) is 0. The van der Waals surface area contributed by atoms with Crippen molar-refractivity contribution < 1.29 is 0 Å². The van der Waals surface area contributed by atoms with E-state index in [4.69, 9.17) is 0 Å². The molecule has 0 aliphatic heterocycles. The molecular weight excluding hydrogens is 252 g/mol. The maximum Gasteiger partial charge on any atom is 0.00886 e. The molecule has 0 aromatic heterocycles. The normalized spacial score (nSPS) is 10.4. The highest BCUT2D eigenvalue weighted by Gasteiger charge is 1.92. The quantitative estimate of drug-likeness (QED) is 0.219. The first-order chi connectivity index (χ1) is 10.4. The van der Waals surface area contributed by atoms with Gasteiger partial charge in [0, 0.05) is 12.8 Å². The van der Waals surface area contributed by atoms with Crippen LogP contribution in [0.2, 0.25) is 0 Å². The first kappa shape index (κ1) is 20.6. The lowest BCUT2D eigenvalue weighted by Crippen LogP contribution is -1.81. The Labute approximate surface area is 135 Å². The molecule has 0 heteroatoms. The summed E-state index contributed by atoms with van der Waals surface area (Å²) < 4.78 is 0. The molecule has 0 nitrogen and oxygen atoms in total. The zero-order valence-corrected chi connectivity index (χ0v) is 14.4. The van der Waals surface area contributed by atoms with Gasteiger partial charge in [0.05, 0.1) is 0 Å². The van der Waals surface area contributed by atoms with E-state index in [2.05, 4.69) is 25.7 Å². The van der Waals surface area contributed by atoms with Gasteiger partial charge < -0.3 is 0 Å². The number of hydrogen-bond acceptors (Lipinski definition) is 0. The average Bonchev–Trinajstić information content (AvgIpc) is 2.50. The molecule has 0 N–H and O–H groups in total. The van der Waals surface area contributed by atoms with Crippen LogP contribution >= 0.6 is 0 Å². The van der Waals surface area contributed by atoms with E-state index >= 15 is 0 Å². The highest BCUT2D eigenvalue weighted by molar-refractivity contribution is 4.98. The Bertz CT molecular complexity index is 230. The highest BCUT2D eigenvalue weighted by Crippen LogP contribution is 2.11. The summed E-state index contributed by atoms with van der Waals surface area (Å²) in [6.07, 6.45) is 22.1. The molecule has 0 amide bonds. The Morgan fingerprint density at radius 3 is 1.00 bits per heavy atom. The lowest BCUT2D eigenvalue weighted by Gasteiger charge is -2.00. The number of hydrogen-bond donors (Lipinski definition) is 0. The van der Waals surface area contributed by atoms with Crippen molar-refractivity contribution in [2.24, 2.45) is 0 Å². The largest absolute Gasteiger partial charge is 0.103 e. The Hall–Kier alpha value is -0.440. The predicted octanol–water partition coefficient (Wildman–Crippen LogP) is 7.29. The zero-order valence-electron chi connectivity index (χ0n) is 14.4. The summed E-state index contributed by atoms with van der Waals surface area (Å²) in [5.74, 6) is 6.66. The minimum Gasteiger partial charge on any atom is -0.103 e. The van der Waals surface area contributed by atoms with Crippen molar-refractivity contribution in [1.82, 2.24) is 0 Å². The van der Waals surface area contributed by atoms with Crippen molar-refractivity contribution >= 4 is 0 Å². The average molecular weight is 291 g/mol. The summed E-state index contributed by atoms with van der Waals surface area (Å²) in [5.41, 5.74) is 0. The molecule has 2 radical (unpaired) electrons. The monoisotopic (exact) mass is 290 g/mol. The molecule has 0 heterocycles. The van der Waals surface area contributed by atoms with Crippen molar-refractivity contribution in [3.63, 3.8) is 0 Å². The third-order valence-electron chi connectivity index (χ3n) is 3.98. The van der Waals surface area contributed by atoms with Crippen molar-refractivity contribution in [2.75, 3.05) is 0 Å². The second-order valence-electron chi connectivity index (χ2n) is 6.16. The van der Waals surface area contributed by atoms with Crippen LogP contribution in [0.1, 0.15) is 109 Å². The van der Waals surface area contributed by atoms with Crippen LogP contribution in [0.15, 0.2) is 0 Å². The third-order valence-corrected chi connectivity index (χ3v) is 3.98. The molecule has 0 spiro atoms. The summed E-state index contributed by atoms with van der Waals surface area (Å²) in [6, 6.07) is 0. The first-order valence-corrected chi connectivity index (χ1v) is 9.46. The van der Waals surface area contributed by atoms with Crippen LogP contribution in [0.3, 0.4) is 0 Å². The van der Waals surface area contributed by atoms with Gasteiger partial charge in [0.25, 0.3) is 0 Å². The van der Waals surface area contributed by atoms with Crippen LogP contribution in [0.25, 0.3) is 0 Å². The molecule has 0 aromatic rings. The number of rotatable bonds is 15. The van der Waals surface area contributed by atoms with E-state index in [-0.39, 0.29) is 0 Å². The number of unbranched alkanes of at least 4 members (excludes halogenated alkanes) is 15. The Morgan fingerprint density at radius 2 is 0.667 bits per heavy atom. The fourth-order valence-electron chi connectivity index (χ4n) is 2.55. The lowest BCUT2D eigenvalue weighted by atomic mass is 10.1. The minimum absolute atomic E-state index is 1.09. The Kier molecular flexibility index (Phi) is 19.2. The molecule has 0 saturated carbocycles. The van der Waals surface area contributed by atoms with Crippen molar-refractivity contribution in [3.8, 4) is 11.8 Å². The van der Waals surface area contributed by atoms with Crippen LogP contribution in [0, 0.1) is 25.7 Å². The van der Waals surface area contributed by atoms with Gasteiger partial charge in [0.15, 0.2) is 0 Å². The molecule has 0 saturated heterocycles. The molecule has 21 heavy (non-hydrogen) atoms. The molecular formula is C21H38. The predicted molar refractivity (Wildman–Crippen MR) is 97.0 cm³/mol.